The van der Waals surface area contributed by atoms with Crippen LogP contribution in [0.3, 0.4) is 0 Å². The van der Waals surface area contributed by atoms with Crippen molar-refractivity contribution in [2.45, 2.75) is 19.9 Å². The Morgan fingerprint density at radius 2 is 2.26 bits per heavy atom. The summed E-state index contributed by atoms with van der Waals surface area (Å²) in [5, 5.41) is 11.2. The number of halogens is 1. The zero-order valence-electron chi connectivity index (χ0n) is 10.9. The minimum Gasteiger partial charge on any atom is -0.351 e. The first kappa shape index (κ1) is 14.0. The molecule has 0 aromatic carbocycles. The number of hydrogen-bond donors (Lipinski definition) is 1. The fraction of sp³-hybridized carbons (Fsp3) is 0.417. The van der Waals surface area contributed by atoms with Crippen molar-refractivity contribution < 1.29 is 4.79 Å². The monoisotopic (exact) mass is 373 g/mol. The first-order valence-corrected chi connectivity index (χ1v) is 7.11. The van der Waals surface area contributed by atoms with Gasteiger partial charge in [0.25, 0.3) is 5.91 Å². The van der Waals surface area contributed by atoms with Crippen molar-refractivity contribution in [2.24, 2.45) is 7.05 Å². The van der Waals surface area contributed by atoms with E-state index in [1.165, 1.54) is 0 Å². The van der Waals surface area contributed by atoms with Gasteiger partial charge in [-0.1, -0.05) is 0 Å². The lowest BCUT2D eigenvalue weighted by Crippen LogP contribution is -2.28. The number of aromatic nitrogens is 4. The van der Waals surface area contributed by atoms with E-state index in [2.05, 4.69) is 38.1 Å². The Bertz CT molecular complexity index is 555. The van der Waals surface area contributed by atoms with Crippen LogP contribution in [-0.4, -0.2) is 32.0 Å². The standard InChI is InChI=1S/C12H16IN5O/c1-9-4-6-15-18(9)7-3-5-14-12(19)11-10(13)8-16-17(11)2/h4,6,8H,3,5,7H2,1-2H3,(H,14,19). The van der Waals surface area contributed by atoms with E-state index in [-0.39, 0.29) is 5.91 Å². The largest absolute Gasteiger partial charge is 0.351 e. The number of carbonyl (C=O) groups is 1. The van der Waals surface area contributed by atoms with Crippen molar-refractivity contribution in [2.75, 3.05) is 6.54 Å². The highest BCUT2D eigenvalue weighted by molar-refractivity contribution is 14.1. The van der Waals surface area contributed by atoms with Crippen LogP contribution in [0, 0.1) is 10.5 Å². The topological polar surface area (TPSA) is 64.7 Å². The summed E-state index contributed by atoms with van der Waals surface area (Å²) in [6, 6.07) is 1.97. The molecule has 0 saturated heterocycles. The van der Waals surface area contributed by atoms with Crippen LogP contribution in [0.25, 0.3) is 0 Å². The SMILES string of the molecule is Cc1ccnn1CCCNC(=O)c1c(I)cnn1C. The van der Waals surface area contributed by atoms with Gasteiger partial charge in [-0.25, -0.2) is 0 Å². The van der Waals surface area contributed by atoms with Crippen LogP contribution in [0.15, 0.2) is 18.5 Å². The Kier molecular flexibility index (Phi) is 4.56. The summed E-state index contributed by atoms with van der Waals surface area (Å²) in [6.45, 7) is 3.45. The van der Waals surface area contributed by atoms with Crippen LogP contribution < -0.4 is 5.32 Å². The molecule has 0 fully saturated rings. The van der Waals surface area contributed by atoms with E-state index >= 15 is 0 Å². The predicted octanol–water partition coefficient (Wildman–Crippen LogP) is 1.35. The quantitative estimate of drug-likeness (QED) is 0.636. The van der Waals surface area contributed by atoms with Crippen LogP contribution in [0.2, 0.25) is 0 Å². The maximum absolute atomic E-state index is 12.0. The minimum absolute atomic E-state index is 0.0819. The average molecular weight is 373 g/mol. The summed E-state index contributed by atoms with van der Waals surface area (Å²) in [7, 11) is 1.77. The highest BCUT2D eigenvalue weighted by Crippen LogP contribution is 2.09. The van der Waals surface area contributed by atoms with Crippen LogP contribution >= 0.6 is 22.6 Å². The molecule has 7 heteroatoms. The molecule has 0 aliphatic carbocycles. The highest BCUT2D eigenvalue weighted by atomic mass is 127. The molecular weight excluding hydrogens is 357 g/mol. The lowest BCUT2D eigenvalue weighted by Gasteiger charge is -2.07. The molecule has 0 unspecified atom stereocenters. The normalized spacial score (nSPS) is 10.7. The van der Waals surface area contributed by atoms with Crippen LogP contribution in [0.1, 0.15) is 22.6 Å². The molecule has 2 rings (SSSR count). The van der Waals surface area contributed by atoms with Gasteiger partial charge in [-0.15, -0.1) is 0 Å². The third kappa shape index (κ3) is 3.34. The van der Waals surface area contributed by atoms with Crippen molar-refractivity contribution in [3.8, 4) is 0 Å². The number of hydrogen-bond acceptors (Lipinski definition) is 3. The second-order valence-corrected chi connectivity index (χ2v) is 5.43. The molecule has 102 valence electrons. The van der Waals surface area contributed by atoms with Gasteiger partial charge >= 0.3 is 0 Å². The van der Waals surface area contributed by atoms with E-state index < -0.39 is 0 Å². The van der Waals surface area contributed by atoms with Gasteiger partial charge in [0.1, 0.15) is 5.69 Å². The van der Waals surface area contributed by atoms with Crippen molar-refractivity contribution in [3.63, 3.8) is 0 Å². The second kappa shape index (κ2) is 6.18. The molecule has 0 spiro atoms. The van der Waals surface area contributed by atoms with E-state index in [4.69, 9.17) is 0 Å². The molecule has 2 aromatic heterocycles. The molecular formula is C12H16IN5O. The lowest BCUT2D eigenvalue weighted by atomic mass is 10.3. The maximum atomic E-state index is 12.0. The lowest BCUT2D eigenvalue weighted by molar-refractivity contribution is 0.0942. The number of nitrogens with one attached hydrogen (secondary N) is 1. The fourth-order valence-electron chi connectivity index (χ4n) is 1.81. The Morgan fingerprint density at radius 1 is 1.47 bits per heavy atom. The average Bonchev–Trinajstić information content (AvgIpc) is 2.92. The van der Waals surface area contributed by atoms with Gasteiger partial charge < -0.3 is 5.32 Å². The highest BCUT2D eigenvalue weighted by Gasteiger charge is 2.14. The summed E-state index contributed by atoms with van der Waals surface area (Å²) >= 11 is 2.11. The second-order valence-electron chi connectivity index (χ2n) is 4.27. The number of rotatable bonds is 5. The molecule has 0 aliphatic rings. The van der Waals surface area contributed by atoms with Gasteiger partial charge in [-0.05, 0) is 42.0 Å². The number of amides is 1. The Hall–Kier alpha value is -1.38. The Morgan fingerprint density at radius 3 is 2.84 bits per heavy atom. The van der Waals surface area contributed by atoms with Crippen LogP contribution in [0.4, 0.5) is 0 Å². The first-order chi connectivity index (χ1) is 9.09. The maximum Gasteiger partial charge on any atom is 0.270 e. The molecule has 0 saturated carbocycles. The third-order valence-electron chi connectivity index (χ3n) is 2.87. The van der Waals surface area contributed by atoms with Gasteiger partial charge in [0.2, 0.25) is 0 Å². The van der Waals surface area contributed by atoms with Crippen molar-refractivity contribution in [1.29, 1.82) is 0 Å². The summed E-state index contributed by atoms with van der Waals surface area (Å²) in [6.07, 6.45) is 4.32. The van der Waals surface area contributed by atoms with Gasteiger partial charge in [0.15, 0.2) is 0 Å². The minimum atomic E-state index is -0.0819. The molecule has 19 heavy (non-hydrogen) atoms. The van der Waals surface area contributed by atoms with Crippen LogP contribution in [0.5, 0.6) is 0 Å². The van der Waals surface area contributed by atoms with E-state index in [1.54, 1.807) is 24.1 Å². The van der Waals surface area contributed by atoms with Crippen molar-refractivity contribution in [1.82, 2.24) is 24.9 Å². The molecule has 2 heterocycles. The molecule has 6 nitrogen and oxygen atoms in total. The molecule has 1 amide bonds. The van der Waals surface area contributed by atoms with Gasteiger partial charge in [-0.2, -0.15) is 10.2 Å². The van der Waals surface area contributed by atoms with Crippen molar-refractivity contribution >= 4 is 28.5 Å². The smallest absolute Gasteiger partial charge is 0.270 e. The zero-order valence-corrected chi connectivity index (χ0v) is 13.1. The predicted molar refractivity (Wildman–Crippen MR) is 79.8 cm³/mol. The van der Waals surface area contributed by atoms with Gasteiger partial charge in [-0.3, -0.25) is 14.2 Å². The fourth-order valence-corrected chi connectivity index (χ4v) is 2.53. The first-order valence-electron chi connectivity index (χ1n) is 6.03. The Labute approximate surface area is 125 Å². The van der Waals surface area contributed by atoms with Crippen molar-refractivity contribution in [3.05, 3.63) is 33.4 Å². The molecule has 1 N–H and O–H groups in total. The van der Waals surface area contributed by atoms with Crippen LogP contribution in [-0.2, 0) is 13.6 Å². The summed E-state index contributed by atoms with van der Waals surface area (Å²) in [5.41, 5.74) is 1.74. The summed E-state index contributed by atoms with van der Waals surface area (Å²) in [5.74, 6) is -0.0819. The molecule has 0 aliphatic heterocycles. The molecule has 0 atom stereocenters. The zero-order chi connectivity index (χ0) is 13.8. The molecule has 0 radical (unpaired) electrons. The van der Waals surface area contributed by atoms with E-state index in [9.17, 15) is 4.79 Å². The Balaban J connectivity index is 1.80. The van der Waals surface area contributed by atoms with E-state index in [0.717, 1.165) is 22.2 Å². The number of aryl methyl sites for hydroxylation is 3. The molecule has 2 aromatic rings. The van der Waals surface area contributed by atoms with E-state index in [0.29, 0.717) is 12.2 Å². The van der Waals surface area contributed by atoms with Gasteiger partial charge in [0, 0.05) is 32.0 Å². The number of carbonyl (C=O) groups excluding carboxylic acids is 1. The number of nitrogens with zero attached hydrogens (tertiary/aromatic N) is 4. The molecule has 0 bridgehead atoms. The van der Waals surface area contributed by atoms with Gasteiger partial charge in [0.05, 0.1) is 9.77 Å². The van der Waals surface area contributed by atoms with E-state index in [1.807, 2.05) is 17.7 Å². The summed E-state index contributed by atoms with van der Waals surface area (Å²) < 4.78 is 4.38. The third-order valence-corrected chi connectivity index (χ3v) is 3.66. The summed E-state index contributed by atoms with van der Waals surface area (Å²) in [4.78, 5) is 12.0.